The Labute approximate surface area is 204 Å². The SMILES string of the molecule is CC1CCCC(C)N1C(=O)COc1ccc(C(=O)OCC(=O)N2CCSc3ccccc32)cc1. The fraction of sp³-hybridized carbons (Fsp3) is 0.423. The number of hydrogen-bond donors (Lipinski definition) is 0. The minimum atomic E-state index is -0.577. The largest absolute Gasteiger partial charge is 0.484 e. The van der Waals surface area contributed by atoms with E-state index in [4.69, 9.17) is 9.47 Å². The van der Waals surface area contributed by atoms with Gasteiger partial charge in [-0.1, -0.05) is 12.1 Å². The van der Waals surface area contributed by atoms with Crippen LogP contribution in [-0.4, -0.2) is 60.3 Å². The van der Waals surface area contributed by atoms with E-state index in [1.807, 2.05) is 29.2 Å². The molecule has 2 aliphatic heterocycles. The minimum absolute atomic E-state index is 0.0283. The van der Waals surface area contributed by atoms with Crippen LogP contribution in [0, 0.1) is 0 Å². The van der Waals surface area contributed by atoms with Crippen molar-refractivity contribution in [2.75, 3.05) is 30.4 Å². The quantitative estimate of drug-likeness (QED) is 0.576. The van der Waals surface area contributed by atoms with Gasteiger partial charge in [-0.2, -0.15) is 0 Å². The third-order valence-electron chi connectivity index (χ3n) is 6.29. The number of ether oxygens (including phenoxy) is 2. The molecule has 2 atom stereocenters. The molecule has 1 fully saturated rings. The van der Waals surface area contributed by atoms with Crippen LogP contribution in [-0.2, 0) is 14.3 Å². The molecule has 2 aliphatic rings. The fourth-order valence-corrected chi connectivity index (χ4v) is 5.53. The summed E-state index contributed by atoms with van der Waals surface area (Å²) in [5, 5.41) is 0. The normalized spacial score (nSPS) is 19.8. The predicted molar refractivity (Wildman–Crippen MR) is 131 cm³/mol. The van der Waals surface area contributed by atoms with Gasteiger partial charge in [-0.3, -0.25) is 9.59 Å². The smallest absolute Gasteiger partial charge is 0.338 e. The molecule has 1 saturated heterocycles. The molecule has 0 N–H and O–H groups in total. The lowest BCUT2D eigenvalue weighted by Crippen LogP contribution is -2.49. The molecule has 2 aromatic rings. The van der Waals surface area contributed by atoms with Gasteiger partial charge in [0.2, 0.25) is 0 Å². The minimum Gasteiger partial charge on any atom is -0.484 e. The number of esters is 1. The van der Waals surface area contributed by atoms with Gasteiger partial charge >= 0.3 is 5.97 Å². The summed E-state index contributed by atoms with van der Waals surface area (Å²) in [7, 11) is 0. The van der Waals surface area contributed by atoms with Crippen molar-refractivity contribution in [3.8, 4) is 5.75 Å². The van der Waals surface area contributed by atoms with E-state index in [0.717, 1.165) is 35.6 Å². The van der Waals surface area contributed by atoms with Gasteiger partial charge in [0.25, 0.3) is 11.8 Å². The van der Waals surface area contributed by atoms with Crippen molar-refractivity contribution >= 4 is 35.2 Å². The zero-order valence-electron chi connectivity index (χ0n) is 19.6. The third-order valence-corrected chi connectivity index (χ3v) is 7.33. The van der Waals surface area contributed by atoms with Crippen molar-refractivity contribution < 1.29 is 23.9 Å². The van der Waals surface area contributed by atoms with Crippen LogP contribution in [0.3, 0.4) is 0 Å². The summed E-state index contributed by atoms with van der Waals surface area (Å²) in [5.41, 5.74) is 1.17. The number of likely N-dealkylation sites (tertiary alicyclic amines) is 1. The highest BCUT2D eigenvalue weighted by Crippen LogP contribution is 2.34. The van der Waals surface area contributed by atoms with Gasteiger partial charge in [0.15, 0.2) is 13.2 Å². The van der Waals surface area contributed by atoms with Crippen LogP contribution in [0.2, 0.25) is 0 Å². The Bertz CT molecular complexity index is 1030. The van der Waals surface area contributed by atoms with Crippen LogP contribution in [0.25, 0.3) is 0 Å². The van der Waals surface area contributed by atoms with Gasteiger partial charge in [-0.05, 0) is 69.5 Å². The number of piperidine rings is 1. The molecule has 0 radical (unpaired) electrons. The number of anilines is 1. The molecule has 4 rings (SSSR count). The number of para-hydroxylation sites is 1. The van der Waals surface area contributed by atoms with Crippen molar-refractivity contribution in [2.24, 2.45) is 0 Å². The molecule has 7 nitrogen and oxygen atoms in total. The second-order valence-electron chi connectivity index (χ2n) is 8.68. The molecular weight excluding hydrogens is 452 g/mol. The molecule has 0 aromatic heterocycles. The number of benzene rings is 2. The van der Waals surface area contributed by atoms with E-state index >= 15 is 0 Å². The van der Waals surface area contributed by atoms with Gasteiger partial charge in [-0.15, -0.1) is 11.8 Å². The first-order valence-corrected chi connectivity index (χ1v) is 12.7. The standard InChI is InChI=1S/C26H30N2O5S/c1-18-6-5-7-19(2)28(18)25(30)17-32-21-12-10-20(11-13-21)26(31)33-16-24(29)27-14-15-34-23-9-4-3-8-22(23)27/h3-4,8-13,18-19H,5-7,14-17H2,1-2H3. The van der Waals surface area contributed by atoms with E-state index in [1.165, 1.54) is 0 Å². The Morgan fingerprint density at radius 2 is 1.65 bits per heavy atom. The first-order chi connectivity index (χ1) is 16.4. The molecule has 2 unspecified atom stereocenters. The molecule has 2 amide bonds. The second kappa shape index (κ2) is 11.0. The van der Waals surface area contributed by atoms with E-state index in [2.05, 4.69) is 13.8 Å². The summed E-state index contributed by atoms with van der Waals surface area (Å²) in [6, 6.07) is 14.6. The Kier molecular flexibility index (Phi) is 7.77. The molecular formula is C26H30N2O5S. The number of nitrogens with zero attached hydrogens (tertiary/aromatic N) is 2. The molecule has 0 aliphatic carbocycles. The van der Waals surface area contributed by atoms with Gasteiger partial charge < -0.3 is 19.3 Å². The van der Waals surface area contributed by atoms with Crippen molar-refractivity contribution in [1.29, 1.82) is 0 Å². The van der Waals surface area contributed by atoms with Gasteiger partial charge in [0.1, 0.15) is 5.75 Å². The van der Waals surface area contributed by atoms with E-state index in [1.54, 1.807) is 40.9 Å². The molecule has 34 heavy (non-hydrogen) atoms. The number of carbonyl (C=O) groups excluding carboxylic acids is 3. The Balaban J connectivity index is 1.27. The van der Waals surface area contributed by atoms with Crippen molar-refractivity contribution in [3.05, 3.63) is 54.1 Å². The lowest BCUT2D eigenvalue weighted by atomic mass is 9.97. The second-order valence-corrected chi connectivity index (χ2v) is 9.82. The maximum Gasteiger partial charge on any atom is 0.338 e. The summed E-state index contributed by atoms with van der Waals surface area (Å²) < 4.78 is 10.9. The first-order valence-electron chi connectivity index (χ1n) is 11.7. The molecule has 0 bridgehead atoms. The predicted octanol–water partition coefficient (Wildman–Crippen LogP) is 4.15. The van der Waals surface area contributed by atoms with Crippen molar-refractivity contribution in [2.45, 2.75) is 50.1 Å². The number of amides is 2. The van der Waals surface area contributed by atoms with E-state index < -0.39 is 5.97 Å². The summed E-state index contributed by atoms with van der Waals surface area (Å²) in [6.45, 7) is 4.36. The summed E-state index contributed by atoms with van der Waals surface area (Å²) in [6.07, 6.45) is 3.16. The van der Waals surface area contributed by atoms with Crippen LogP contribution >= 0.6 is 11.8 Å². The fourth-order valence-electron chi connectivity index (χ4n) is 4.54. The lowest BCUT2D eigenvalue weighted by Gasteiger charge is -2.38. The van der Waals surface area contributed by atoms with Crippen LogP contribution in [0.5, 0.6) is 5.75 Å². The summed E-state index contributed by atoms with van der Waals surface area (Å²) >= 11 is 1.71. The van der Waals surface area contributed by atoms with Crippen LogP contribution in [0.4, 0.5) is 5.69 Å². The average Bonchev–Trinajstić information content (AvgIpc) is 2.85. The Morgan fingerprint density at radius 1 is 0.941 bits per heavy atom. The number of thioether (sulfide) groups is 1. The number of carbonyl (C=O) groups is 3. The van der Waals surface area contributed by atoms with Gasteiger partial charge in [0.05, 0.1) is 11.3 Å². The highest BCUT2D eigenvalue weighted by atomic mass is 32.2. The number of rotatable bonds is 6. The maximum atomic E-state index is 12.7. The average molecular weight is 483 g/mol. The van der Waals surface area contributed by atoms with Crippen LogP contribution in [0.15, 0.2) is 53.4 Å². The number of hydrogen-bond acceptors (Lipinski definition) is 6. The first kappa shape index (κ1) is 24.1. The van der Waals surface area contributed by atoms with E-state index in [9.17, 15) is 14.4 Å². The summed E-state index contributed by atoms with van der Waals surface area (Å²) in [4.78, 5) is 42.3. The molecule has 2 heterocycles. The molecule has 0 saturated carbocycles. The zero-order chi connectivity index (χ0) is 24.1. The Morgan fingerprint density at radius 3 is 2.38 bits per heavy atom. The van der Waals surface area contributed by atoms with Gasteiger partial charge in [0, 0.05) is 29.3 Å². The third kappa shape index (κ3) is 5.55. The van der Waals surface area contributed by atoms with Crippen LogP contribution < -0.4 is 9.64 Å². The van der Waals surface area contributed by atoms with Gasteiger partial charge in [-0.25, -0.2) is 4.79 Å². The topological polar surface area (TPSA) is 76.1 Å². The molecule has 2 aromatic carbocycles. The molecule has 180 valence electrons. The molecule has 8 heteroatoms. The monoisotopic (exact) mass is 482 g/mol. The Hall–Kier alpha value is -3.00. The highest BCUT2D eigenvalue weighted by Gasteiger charge is 2.29. The van der Waals surface area contributed by atoms with Crippen LogP contribution in [0.1, 0.15) is 43.5 Å². The highest BCUT2D eigenvalue weighted by molar-refractivity contribution is 7.99. The van der Waals surface area contributed by atoms with Crippen molar-refractivity contribution in [3.63, 3.8) is 0 Å². The molecule has 0 spiro atoms. The maximum absolute atomic E-state index is 12.7. The van der Waals surface area contributed by atoms with Crippen molar-refractivity contribution in [1.82, 2.24) is 4.90 Å². The lowest BCUT2D eigenvalue weighted by molar-refractivity contribution is -0.139. The zero-order valence-corrected chi connectivity index (χ0v) is 20.4. The number of fused-ring (bicyclic) bond motifs is 1. The van der Waals surface area contributed by atoms with E-state index in [-0.39, 0.29) is 37.1 Å². The summed E-state index contributed by atoms with van der Waals surface area (Å²) in [5.74, 6) is 0.448. The van der Waals surface area contributed by atoms with E-state index in [0.29, 0.717) is 17.9 Å².